The van der Waals surface area contributed by atoms with Crippen LogP contribution in [0.5, 0.6) is 0 Å². The third-order valence-corrected chi connectivity index (χ3v) is 5.75. The first-order valence-corrected chi connectivity index (χ1v) is 8.88. The number of nitrogens with zero attached hydrogens (tertiary/aromatic N) is 4. The average Bonchev–Trinajstić information content (AvgIpc) is 2.92. The summed E-state index contributed by atoms with van der Waals surface area (Å²) in [5.41, 5.74) is 0.495. The van der Waals surface area contributed by atoms with Gasteiger partial charge >= 0.3 is 6.01 Å². The maximum Gasteiger partial charge on any atom is 0.324 e. The number of nitrogens with one attached hydrogen (secondary N) is 2. The van der Waals surface area contributed by atoms with E-state index in [0.29, 0.717) is 23.3 Å². The van der Waals surface area contributed by atoms with Crippen molar-refractivity contribution in [1.82, 2.24) is 20.4 Å². The lowest BCUT2D eigenvalue weighted by Crippen LogP contribution is -2.67. The van der Waals surface area contributed by atoms with E-state index >= 15 is 0 Å². The summed E-state index contributed by atoms with van der Waals surface area (Å²) in [5.74, 6) is 0.712. The van der Waals surface area contributed by atoms with Crippen molar-refractivity contribution < 1.29 is 4.52 Å². The Morgan fingerprint density at radius 2 is 2.04 bits per heavy atom. The Labute approximate surface area is 142 Å². The van der Waals surface area contributed by atoms with Gasteiger partial charge < -0.3 is 25.0 Å². The molecule has 2 N–H and O–H groups in total. The summed E-state index contributed by atoms with van der Waals surface area (Å²) in [5, 5.41) is 14.3. The standard InChI is InChI=1S/C17H26N6O/c1-13-20-16(24-21-13)23-11-17(12-23)9-15(10-17)22-7-3-14(4-8-22)19-6-2-5-18/h2,5-6,14-15,18-19H,3-4,7-12H2,1H3/b6-2-,18-5?. The minimum absolute atomic E-state index is 0.495. The van der Waals surface area contributed by atoms with E-state index in [1.165, 1.54) is 45.0 Å². The van der Waals surface area contributed by atoms with E-state index < -0.39 is 0 Å². The van der Waals surface area contributed by atoms with Crippen LogP contribution in [0, 0.1) is 17.7 Å². The Morgan fingerprint density at radius 1 is 1.29 bits per heavy atom. The maximum absolute atomic E-state index is 7.00. The van der Waals surface area contributed by atoms with Gasteiger partial charge in [-0.15, -0.1) is 0 Å². The molecular weight excluding hydrogens is 304 g/mol. The first-order chi connectivity index (χ1) is 11.7. The van der Waals surface area contributed by atoms with E-state index in [1.54, 1.807) is 6.08 Å². The molecule has 7 nitrogen and oxygen atoms in total. The summed E-state index contributed by atoms with van der Waals surface area (Å²) >= 11 is 0. The highest BCUT2D eigenvalue weighted by Crippen LogP contribution is 2.51. The number of hydrogen-bond donors (Lipinski definition) is 2. The summed E-state index contributed by atoms with van der Waals surface area (Å²) in [4.78, 5) is 9.20. The van der Waals surface area contributed by atoms with Crippen molar-refractivity contribution in [2.45, 2.75) is 44.7 Å². The minimum Gasteiger partial charge on any atom is -0.388 e. The molecular formula is C17H26N6O. The summed E-state index contributed by atoms with van der Waals surface area (Å²) < 4.78 is 5.25. The Balaban J connectivity index is 1.19. The molecule has 3 aliphatic rings. The molecule has 0 aromatic carbocycles. The van der Waals surface area contributed by atoms with Crippen LogP contribution in [0.3, 0.4) is 0 Å². The van der Waals surface area contributed by atoms with Gasteiger partial charge in [-0.3, -0.25) is 0 Å². The van der Waals surface area contributed by atoms with Gasteiger partial charge in [-0.1, -0.05) is 5.16 Å². The maximum atomic E-state index is 7.00. The van der Waals surface area contributed by atoms with Crippen molar-refractivity contribution in [2.24, 2.45) is 5.41 Å². The largest absolute Gasteiger partial charge is 0.388 e. The predicted molar refractivity (Wildman–Crippen MR) is 92.4 cm³/mol. The van der Waals surface area contributed by atoms with E-state index in [1.807, 2.05) is 13.1 Å². The zero-order chi connectivity index (χ0) is 16.6. The Bertz CT molecular complexity index is 604. The Morgan fingerprint density at radius 3 is 2.67 bits per heavy atom. The number of rotatable bonds is 5. The van der Waals surface area contributed by atoms with Crippen molar-refractivity contribution >= 4 is 12.2 Å². The number of aromatic nitrogens is 2. The van der Waals surface area contributed by atoms with Crippen molar-refractivity contribution in [1.29, 1.82) is 5.41 Å². The highest BCUT2D eigenvalue weighted by atomic mass is 16.5. The van der Waals surface area contributed by atoms with Crippen molar-refractivity contribution in [2.75, 3.05) is 31.1 Å². The molecule has 1 saturated carbocycles. The van der Waals surface area contributed by atoms with Gasteiger partial charge in [0.2, 0.25) is 0 Å². The number of hydrogen-bond acceptors (Lipinski definition) is 7. The van der Waals surface area contributed by atoms with Crippen LogP contribution < -0.4 is 10.2 Å². The molecule has 2 saturated heterocycles. The Kier molecular flexibility index (Phi) is 4.04. The fourth-order valence-corrected chi connectivity index (χ4v) is 4.44. The number of anilines is 1. The molecule has 3 heterocycles. The predicted octanol–water partition coefficient (Wildman–Crippen LogP) is 1.56. The van der Waals surface area contributed by atoms with E-state index in [0.717, 1.165) is 19.1 Å². The summed E-state index contributed by atoms with van der Waals surface area (Å²) in [6.07, 6.45) is 9.96. The number of allylic oxidation sites excluding steroid dienone is 1. The van der Waals surface area contributed by atoms with Crippen molar-refractivity contribution in [3.8, 4) is 0 Å². The van der Waals surface area contributed by atoms with Gasteiger partial charge in [0.25, 0.3) is 0 Å². The molecule has 0 atom stereocenters. The van der Waals surface area contributed by atoms with Gasteiger partial charge in [-0.25, -0.2) is 0 Å². The summed E-state index contributed by atoms with van der Waals surface area (Å²) in [6.45, 7) is 6.36. The van der Waals surface area contributed by atoms with Crippen molar-refractivity contribution in [3.63, 3.8) is 0 Å². The van der Waals surface area contributed by atoms with Crippen LogP contribution in [-0.2, 0) is 0 Å². The normalized spacial score (nSPS) is 25.0. The number of piperidine rings is 1. The molecule has 1 spiro atoms. The molecule has 2 aliphatic heterocycles. The van der Waals surface area contributed by atoms with E-state index in [-0.39, 0.29) is 0 Å². The molecule has 1 aromatic rings. The lowest BCUT2D eigenvalue weighted by Gasteiger charge is -2.61. The fourth-order valence-electron chi connectivity index (χ4n) is 4.44. The van der Waals surface area contributed by atoms with Gasteiger partial charge in [0.1, 0.15) is 0 Å². The molecule has 4 rings (SSSR count). The lowest BCUT2D eigenvalue weighted by molar-refractivity contribution is -0.0310. The van der Waals surface area contributed by atoms with E-state index in [9.17, 15) is 0 Å². The molecule has 1 aliphatic carbocycles. The first kappa shape index (κ1) is 15.6. The van der Waals surface area contributed by atoms with Crippen LogP contribution in [0.4, 0.5) is 6.01 Å². The van der Waals surface area contributed by atoms with Gasteiger partial charge in [0, 0.05) is 49.9 Å². The first-order valence-electron chi connectivity index (χ1n) is 8.88. The zero-order valence-corrected chi connectivity index (χ0v) is 14.2. The van der Waals surface area contributed by atoms with Gasteiger partial charge in [-0.2, -0.15) is 4.98 Å². The lowest BCUT2D eigenvalue weighted by atomic mass is 9.60. The topological polar surface area (TPSA) is 81.3 Å². The van der Waals surface area contributed by atoms with Crippen molar-refractivity contribution in [3.05, 3.63) is 18.1 Å². The SMILES string of the molecule is Cc1noc(N2CC3(CC(N4CCC(N/C=C\C=N)CC4)C3)C2)n1. The molecule has 3 fully saturated rings. The van der Waals surface area contributed by atoms with Gasteiger partial charge in [0.15, 0.2) is 5.82 Å². The summed E-state index contributed by atoms with van der Waals surface area (Å²) in [7, 11) is 0. The molecule has 0 unspecified atom stereocenters. The minimum atomic E-state index is 0.495. The Hall–Kier alpha value is -1.89. The van der Waals surface area contributed by atoms with Crippen LogP contribution in [0.2, 0.25) is 0 Å². The summed E-state index contributed by atoms with van der Waals surface area (Å²) in [6, 6.07) is 2.01. The van der Waals surface area contributed by atoms with E-state index in [4.69, 9.17) is 9.93 Å². The third kappa shape index (κ3) is 2.92. The van der Waals surface area contributed by atoms with E-state index in [2.05, 4.69) is 25.3 Å². The molecule has 24 heavy (non-hydrogen) atoms. The average molecular weight is 330 g/mol. The van der Waals surface area contributed by atoms with Gasteiger partial charge in [0.05, 0.1) is 0 Å². The second-order valence-electron chi connectivity index (χ2n) is 7.54. The van der Waals surface area contributed by atoms with Crippen LogP contribution in [0.25, 0.3) is 0 Å². The molecule has 0 amide bonds. The number of aryl methyl sites for hydroxylation is 1. The molecule has 1 aromatic heterocycles. The smallest absolute Gasteiger partial charge is 0.324 e. The second kappa shape index (κ2) is 6.20. The van der Waals surface area contributed by atoms with Crippen LogP contribution in [0.15, 0.2) is 16.8 Å². The van der Waals surface area contributed by atoms with Gasteiger partial charge in [-0.05, 0) is 44.9 Å². The highest BCUT2D eigenvalue weighted by molar-refractivity contribution is 5.67. The second-order valence-corrected chi connectivity index (χ2v) is 7.54. The fraction of sp³-hybridized carbons (Fsp3) is 0.706. The third-order valence-electron chi connectivity index (χ3n) is 5.75. The zero-order valence-electron chi connectivity index (χ0n) is 14.2. The molecule has 0 radical (unpaired) electrons. The van der Waals surface area contributed by atoms with Crippen LogP contribution in [-0.4, -0.2) is 59.5 Å². The monoisotopic (exact) mass is 330 g/mol. The molecule has 7 heteroatoms. The highest BCUT2D eigenvalue weighted by Gasteiger charge is 2.55. The molecule has 0 bridgehead atoms. The van der Waals surface area contributed by atoms with Crippen LogP contribution >= 0.6 is 0 Å². The number of likely N-dealkylation sites (tertiary alicyclic amines) is 1. The van der Waals surface area contributed by atoms with Crippen LogP contribution in [0.1, 0.15) is 31.5 Å². The molecule has 130 valence electrons. The quantitative estimate of drug-likeness (QED) is 0.798.